The van der Waals surface area contributed by atoms with Gasteiger partial charge in [0.25, 0.3) is 0 Å². The lowest BCUT2D eigenvalue weighted by atomic mass is 10.2. The molecule has 0 aliphatic heterocycles. The minimum atomic E-state index is -3.26. The van der Waals surface area contributed by atoms with Crippen molar-refractivity contribution in [2.45, 2.75) is 6.54 Å². The van der Waals surface area contributed by atoms with E-state index in [2.05, 4.69) is 4.72 Å². The quantitative estimate of drug-likeness (QED) is 0.825. The normalized spacial score (nSPS) is 11.6. The van der Waals surface area contributed by atoms with Crippen LogP contribution in [-0.4, -0.2) is 19.8 Å². The van der Waals surface area contributed by atoms with E-state index >= 15 is 0 Å². The van der Waals surface area contributed by atoms with Gasteiger partial charge in [-0.05, 0) is 18.2 Å². The third-order valence-corrected chi connectivity index (χ3v) is 2.47. The van der Waals surface area contributed by atoms with E-state index < -0.39 is 10.0 Å². The molecule has 0 atom stereocenters. The third kappa shape index (κ3) is 3.53. The predicted octanol–water partition coefficient (Wildman–Crippen LogP) is 1.09. The van der Waals surface area contributed by atoms with Gasteiger partial charge in [0.1, 0.15) is 5.75 Å². The molecule has 0 saturated heterocycles. The summed E-state index contributed by atoms with van der Waals surface area (Å²) >= 11 is 5.68. The Labute approximate surface area is 87.6 Å². The molecule has 0 heterocycles. The van der Waals surface area contributed by atoms with E-state index in [0.717, 1.165) is 6.26 Å². The van der Waals surface area contributed by atoms with Crippen molar-refractivity contribution in [1.82, 2.24) is 4.72 Å². The highest BCUT2D eigenvalue weighted by atomic mass is 35.5. The van der Waals surface area contributed by atoms with Gasteiger partial charge in [-0.25, -0.2) is 13.1 Å². The molecule has 2 N–H and O–H groups in total. The Morgan fingerprint density at radius 1 is 1.50 bits per heavy atom. The number of rotatable bonds is 3. The molecule has 0 aromatic heterocycles. The standard InChI is InChI=1S/C8H10ClNO3S/c1-14(12,13)10-5-6-4-7(9)2-3-8(6)11/h2-4,10-11H,5H2,1H3. The van der Waals surface area contributed by atoms with Gasteiger partial charge in [0, 0.05) is 17.1 Å². The largest absolute Gasteiger partial charge is 0.508 e. The smallest absolute Gasteiger partial charge is 0.209 e. The summed E-state index contributed by atoms with van der Waals surface area (Å²) in [4.78, 5) is 0. The van der Waals surface area contributed by atoms with Crippen molar-refractivity contribution in [2.75, 3.05) is 6.26 Å². The molecule has 0 radical (unpaired) electrons. The third-order valence-electron chi connectivity index (χ3n) is 1.57. The van der Waals surface area contributed by atoms with Gasteiger partial charge in [0.05, 0.1) is 6.26 Å². The van der Waals surface area contributed by atoms with Crippen LogP contribution in [0.15, 0.2) is 18.2 Å². The van der Waals surface area contributed by atoms with Crippen LogP contribution in [0.5, 0.6) is 5.75 Å². The molecule has 0 aliphatic carbocycles. The van der Waals surface area contributed by atoms with Gasteiger partial charge in [-0.15, -0.1) is 0 Å². The second-order valence-electron chi connectivity index (χ2n) is 2.87. The SMILES string of the molecule is CS(=O)(=O)NCc1cc(Cl)ccc1O. The average molecular weight is 236 g/mol. The van der Waals surface area contributed by atoms with Crippen molar-refractivity contribution >= 4 is 21.6 Å². The van der Waals surface area contributed by atoms with Crippen LogP contribution < -0.4 is 4.72 Å². The summed E-state index contributed by atoms with van der Waals surface area (Å²) in [5.41, 5.74) is 0.447. The van der Waals surface area contributed by atoms with Crippen LogP contribution in [0.3, 0.4) is 0 Å². The first-order valence-electron chi connectivity index (χ1n) is 3.80. The molecule has 14 heavy (non-hydrogen) atoms. The number of halogens is 1. The Morgan fingerprint density at radius 3 is 2.71 bits per heavy atom. The zero-order chi connectivity index (χ0) is 10.8. The Kier molecular flexibility index (Phi) is 3.36. The first-order chi connectivity index (χ1) is 6.38. The fourth-order valence-electron chi connectivity index (χ4n) is 0.905. The van der Waals surface area contributed by atoms with Crippen LogP contribution in [0.4, 0.5) is 0 Å². The van der Waals surface area contributed by atoms with Gasteiger partial charge >= 0.3 is 0 Å². The topological polar surface area (TPSA) is 66.4 Å². The molecular formula is C8H10ClNO3S. The number of phenolic OH excluding ortho intramolecular Hbond substituents is 1. The molecule has 1 aromatic carbocycles. The van der Waals surface area contributed by atoms with Crippen molar-refractivity contribution in [2.24, 2.45) is 0 Å². The second kappa shape index (κ2) is 4.16. The van der Waals surface area contributed by atoms with Gasteiger partial charge in [0.2, 0.25) is 10.0 Å². The van der Waals surface area contributed by atoms with E-state index in [0.29, 0.717) is 10.6 Å². The van der Waals surface area contributed by atoms with Gasteiger partial charge in [-0.3, -0.25) is 0 Å². The summed E-state index contributed by atoms with van der Waals surface area (Å²) in [6.07, 6.45) is 1.05. The van der Waals surface area contributed by atoms with Gasteiger partial charge in [-0.1, -0.05) is 11.6 Å². The van der Waals surface area contributed by atoms with Crippen molar-refractivity contribution in [3.63, 3.8) is 0 Å². The van der Waals surface area contributed by atoms with Crippen LogP contribution in [0, 0.1) is 0 Å². The number of benzene rings is 1. The summed E-state index contributed by atoms with van der Waals surface area (Å²) in [7, 11) is -3.26. The number of phenols is 1. The van der Waals surface area contributed by atoms with Crippen LogP contribution in [-0.2, 0) is 16.6 Å². The Bertz CT molecular complexity index is 430. The highest BCUT2D eigenvalue weighted by molar-refractivity contribution is 7.88. The van der Waals surface area contributed by atoms with Crippen LogP contribution in [0.2, 0.25) is 5.02 Å². The zero-order valence-electron chi connectivity index (χ0n) is 7.49. The number of aromatic hydroxyl groups is 1. The molecule has 4 nitrogen and oxygen atoms in total. The highest BCUT2D eigenvalue weighted by Crippen LogP contribution is 2.21. The summed E-state index contributed by atoms with van der Waals surface area (Å²) in [5, 5.41) is 9.79. The number of hydrogen-bond acceptors (Lipinski definition) is 3. The minimum Gasteiger partial charge on any atom is -0.508 e. The van der Waals surface area contributed by atoms with E-state index in [1.807, 2.05) is 0 Å². The van der Waals surface area contributed by atoms with E-state index in [4.69, 9.17) is 11.6 Å². The van der Waals surface area contributed by atoms with Crippen LogP contribution in [0.1, 0.15) is 5.56 Å². The van der Waals surface area contributed by atoms with Crippen molar-refractivity contribution in [3.05, 3.63) is 28.8 Å². The van der Waals surface area contributed by atoms with Gasteiger partial charge in [0.15, 0.2) is 0 Å². The summed E-state index contributed by atoms with van der Waals surface area (Å²) in [6.45, 7) is 0.0330. The monoisotopic (exact) mass is 235 g/mol. The Hall–Kier alpha value is -0.780. The van der Waals surface area contributed by atoms with E-state index in [-0.39, 0.29) is 12.3 Å². The summed E-state index contributed by atoms with van der Waals surface area (Å²) in [6, 6.07) is 4.46. The molecule has 0 unspecified atom stereocenters. The molecule has 0 fully saturated rings. The number of sulfonamides is 1. The molecule has 0 bridgehead atoms. The van der Waals surface area contributed by atoms with Crippen LogP contribution in [0.25, 0.3) is 0 Å². The van der Waals surface area contributed by atoms with E-state index in [1.54, 1.807) is 0 Å². The lowest BCUT2D eigenvalue weighted by Gasteiger charge is -2.05. The maximum atomic E-state index is 10.8. The molecule has 0 spiro atoms. The molecule has 78 valence electrons. The fraction of sp³-hybridized carbons (Fsp3) is 0.250. The number of nitrogens with one attached hydrogen (secondary N) is 1. The maximum Gasteiger partial charge on any atom is 0.209 e. The van der Waals surface area contributed by atoms with Crippen molar-refractivity contribution < 1.29 is 13.5 Å². The molecule has 1 rings (SSSR count). The zero-order valence-corrected chi connectivity index (χ0v) is 9.06. The lowest BCUT2D eigenvalue weighted by Crippen LogP contribution is -2.21. The van der Waals surface area contributed by atoms with E-state index in [9.17, 15) is 13.5 Å². The predicted molar refractivity (Wildman–Crippen MR) is 54.8 cm³/mol. The molecule has 0 aliphatic rings. The molecule has 0 amide bonds. The first-order valence-corrected chi connectivity index (χ1v) is 6.07. The van der Waals surface area contributed by atoms with Gasteiger partial charge < -0.3 is 5.11 Å². The van der Waals surface area contributed by atoms with Crippen molar-refractivity contribution in [1.29, 1.82) is 0 Å². The Morgan fingerprint density at radius 2 is 2.14 bits per heavy atom. The highest BCUT2D eigenvalue weighted by Gasteiger charge is 2.05. The first kappa shape index (κ1) is 11.3. The van der Waals surface area contributed by atoms with Crippen LogP contribution >= 0.6 is 11.6 Å². The molecule has 1 aromatic rings. The number of hydrogen-bond donors (Lipinski definition) is 2. The molecule has 6 heteroatoms. The average Bonchev–Trinajstić information content (AvgIpc) is 2.05. The lowest BCUT2D eigenvalue weighted by molar-refractivity contribution is 0.467. The molecular weight excluding hydrogens is 226 g/mol. The van der Waals surface area contributed by atoms with Gasteiger partial charge in [-0.2, -0.15) is 0 Å². The van der Waals surface area contributed by atoms with Crippen molar-refractivity contribution in [3.8, 4) is 5.75 Å². The second-order valence-corrected chi connectivity index (χ2v) is 5.14. The minimum absolute atomic E-state index is 0.0190. The fourth-order valence-corrected chi connectivity index (χ4v) is 1.52. The molecule has 0 saturated carbocycles. The van der Waals surface area contributed by atoms with E-state index in [1.165, 1.54) is 18.2 Å². The summed E-state index contributed by atoms with van der Waals surface area (Å²) < 4.78 is 23.8. The Balaban J connectivity index is 2.81. The summed E-state index contributed by atoms with van der Waals surface area (Å²) in [5.74, 6) is 0.0190. The maximum absolute atomic E-state index is 10.8.